The maximum Gasteiger partial charge on any atom is 0.277 e. The Bertz CT molecular complexity index is 1440. The smallest absolute Gasteiger partial charge is 0.277 e. The second-order valence-electron chi connectivity index (χ2n) is 7.27. The van der Waals surface area contributed by atoms with E-state index < -0.39 is 17.4 Å². The lowest BCUT2D eigenvalue weighted by Gasteiger charge is -2.14. The van der Waals surface area contributed by atoms with Gasteiger partial charge < -0.3 is 14.8 Å². The number of methoxy groups -OCH3 is 2. The molecule has 1 aromatic heterocycles. The van der Waals surface area contributed by atoms with Gasteiger partial charge in [-0.1, -0.05) is 35.9 Å². The number of ether oxygens (including phenoxy) is 2. The molecular weight excluding hydrogens is 458 g/mol. The van der Waals surface area contributed by atoms with Crippen LogP contribution in [0.25, 0.3) is 10.8 Å². The van der Waals surface area contributed by atoms with E-state index in [2.05, 4.69) is 10.7 Å². The van der Waals surface area contributed by atoms with Gasteiger partial charge in [-0.3, -0.25) is 19.8 Å². The summed E-state index contributed by atoms with van der Waals surface area (Å²) in [6, 6.07) is 18.0. The Labute approximate surface area is 199 Å². The third-order valence-electron chi connectivity index (χ3n) is 5.09. The molecule has 4 rings (SSSR count). The van der Waals surface area contributed by atoms with E-state index in [1.54, 1.807) is 54.6 Å². The lowest BCUT2D eigenvalue weighted by atomic mass is 10.1. The fourth-order valence-electron chi connectivity index (χ4n) is 3.43. The SMILES string of the molecule is COc1cc(OC)cc(C(=O)Nn2cc(C(=O)Nc3cccc(Cl)c3)c3ccccc3c2=O)c1. The van der Waals surface area contributed by atoms with Gasteiger partial charge in [-0.05, 0) is 36.4 Å². The molecule has 0 atom stereocenters. The van der Waals surface area contributed by atoms with Crippen molar-refractivity contribution in [2.75, 3.05) is 25.0 Å². The van der Waals surface area contributed by atoms with Gasteiger partial charge in [0.25, 0.3) is 17.4 Å². The first-order chi connectivity index (χ1) is 16.4. The van der Waals surface area contributed by atoms with Crippen LogP contribution in [0.2, 0.25) is 5.02 Å². The number of anilines is 1. The molecule has 0 spiro atoms. The van der Waals surface area contributed by atoms with Crippen molar-refractivity contribution in [2.24, 2.45) is 0 Å². The highest BCUT2D eigenvalue weighted by Gasteiger charge is 2.17. The summed E-state index contributed by atoms with van der Waals surface area (Å²) in [6.45, 7) is 0. The first kappa shape index (κ1) is 22.9. The summed E-state index contributed by atoms with van der Waals surface area (Å²) in [4.78, 5) is 39.1. The summed E-state index contributed by atoms with van der Waals surface area (Å²) in [6.07, 6.45) is 1.29. The van der Waals surface area contributed by atoms with Crippen molar-refractivity contribution < 1.29 is 19.1 Å². The molecule has 34 heavy (non-hydrogen) atoms. The standard InChI is InChI=1S/C25H20ClN3O5/c1-33-18-10-15(11-19(13-18)34-2)23(30)28-29-14-22(20-8-3-4-9-21(20)25(29)32)24(31)27-17-7-5-6-16(26)12-17/h3-14H,1-2H3,(H,27,31)(H,28,30). The van der Waals surface area contributed by atoms with Crippen LogP contribution in [0.1, 0.15) is 20.7 Å². The molecular formula is C25H20ClN3O5. The third kappa shape index (κ3) is 4.72. The Morgan fingerprint density at radius 1 is 0.853 bits per heavy atom. The number of carbonyl (C=O) groups is 2. The first-order valence-corrected chi connectivity index (χ1v) is 10.5. The Morgan fingerprint density at radius 2 is 1.53 bits per heavy atom. The van der Waals surface area contributed by atoms with Gasteiger partial charge in [0.15, 0.2) is 0 Å². The van der Waals surface area contributed by atoms with Gasteiger partial charge in [-0.25, -0.2) is 4.68 Å². The quantitative estimate of drug-likeness (QED) is 0.431. The average Bonchev–Trinajstić information content (AvgIpc) is 2.85. The van der Waals surface area contributed by atoms with E-state index >= 15 is 0 Å². The Morgan fingerprint density at radius 3 is 2.18 bits per heavy atom. The van der Waals surface area contributed by atoms with Crippen LogP contribution in [0.5, 0.6) is 11.5 Å². The number of fused-ring (bicyclic) bond motifs is 1. The highest BCUT2D eigenvalue weighted by molar-refractivity contribution is 6.31. The molecule has 0 aliphatic rings. The molecule has 4 aromatic rings. The van der Waals surface area contributed by atoms with Gasteiger partial charge in [0.05, 0.1) is 19.8 Å². The van der Waals surface area contributed by atoms with Gasteiger partial charge in [0, 0.05) is 39.3 Å². The number of aromatic nitrogens is 1. The normalized spacial score (nSPS) is 10.6. The Kier molecular flexibility index (Phi) is 6.51. The molecule has 9 heteroatoms. The van der Waals surface area contributed by atoms with Gasteiger partial charge in [-0.15, -0.1) is 0 Å². The van der Waals surface area contributed by atoms with E-state index in [9.17, 15) is 14.4 Å². The fourth-order valence-corrected chi connectivity index (χ4v) is 3.62. The number of nitrogens with one attached hydrogen (secondary N) is 2. The second-order valence-corrected chi connectivity index (χ2v) is 7.71. The van der Waals surface area contributed by atoms with Crippen molar-refractivity contribution in [2.45, 2.75) is 0 Å². The zero-order chi connectivity index (χ0) is 24.2. The number of pyridine rings is 1. The molecule has 1 heterocycles. The predicted molar refractivity (Wildman–Crippen MR) is 131 cm³/mol. The monoisotopic (exact) mass is 477 g/mol. The van der Waals surface area contributed by atoms with Gasteiger partial charge in [-0.2, -0.15) is 0 Å². The lowest BCUT2D eigenvalue weighted by Crippen LogP contribution is -2.34. The number of hydrogen-bond acceptors (Lipinski definition) is 5. The molecule has 8 nitrogen and oxygen atoms in total. The molecule has 0 unspecified atom stereocenters. The summed E-state index contributed by atoms with van der Waals surface area (Å²) in [5.74, 6) is -0.228. The van der Waals surface area contributed by atoms with Crippen LogP contribution in [0.15, 0.2) is 77.7 Å². The van der Waals surface area contributed by atoms with Gasteiger partial charge >= 0.3 is 0 Å². The van der Waals surface area contributed by atoms with E-state index in [-0.39, 0.29) is 16.5 Å². The maximum absolute atomic E-state index is 13.1. The van der Waals surface area contributed by atoms with Crippen molar-refractivity contribution in [3.05, 3.63) is 99.4 Å². The molecule has 2 amide bonds. The average molecular weight is 478 g/mol. The Balaban J connectivity index is 1.74. The van der Waals surface area contributed by atoms with Crippen LogP contribution < -0.4 is 25.8 Å². The second kappa shape index (κ2) is 9.68. The number of carbonyl (C=O) groups excluding carboxylic acids is 2. The molecule has 2 N–H and O–H groups in total. The van der Waals surface area contributed by atoms with Crippen molar-refractivity contribution in [3.63, 3.8) is 0 Å². The fraction of sp³-hybridized carbons (Fsp3) is 0.0800. The van der Waals surface area contributed by atoms with Crippen LogP contribution >= 0.6 is 11.6 Å². The van der Waals surface area contributed by atoms with E-state index in [0.717, 1.165) is 4.68 Å². The molecule has 0 aliphatic heterocycles. The van der Waals surface area contributed by atoms with Gasteiger partial charge in [0.1, 0.15) is 11.5 Å². The maximum atomic E-state index is 13.1. The van der Waals surface area contributed by atoms with E-state index in [1.165, 1.54) is 32.5 Å². The van der Waals surface area contributed by atoms with E-state index in [0.29, 0.717) is 27.6 Å². The van der Waals surface area contributed by atoms with Crippen molar-refractivity contribution >= 4 is 39.9 Å². The zero-order valence-electron chi connectivity index (χ0n) is 18.3. The minimum absolute atomic E-state index is 0.193. The summed E-state index contributed by atoms with van der Waals surface area (Å²) in [7, 11) is 2.93. The van der Waals surface area contributed by atoms with Crippen molar-refractivity contribution in [1.82, 2.24) is 4.68 Å². The number of benzene rings is 3. The van der Waals surface area contributed by atoms with Crippen LogP contribution in [0, 0.1) is 0 Å². The summed E-state index contributed by atoms with van der Waals surface area (Å²) >= 11 is 6.01. The summed E-state index contributed by atoms with van der Waals surface area (Å²) < 4.78 is 11.4. The summed E-state index contributed by atoms with van der Waals surface area (Å²) in [5.41, 5.74) is 2.95. The zero-order valence-corrected chi connectivity index (χ0v) is 19.1. The molecule has 0 saturated heterocycles. The minimum Gasteiger partial charge on any atom is -0.497 e. The molecule has 172 valence electrons. The molecule has 3 aromatic carbocycles. The highest BCUT2D eigenvalue weighted by Crippen LogP contribution is 2.23. The number of nitrogens with zero attached hydrogens (tertiary/aromatic N) is 1. The van der Waals surface area contributed by atoms with E-state index in [4.69, 9.17) is 21.1 Å². The molecule has 0 radical (unpaired) electrons. The molecule has 0 fully saturated rings. The Hall–Kier alpha value is -4.30. The number of rotatable bonds is 6. The molecule has 0 aliphatic carbocycles. The van der Waals surface area contributed by atoms with Crippen LogP contribution in [-0.2, 0) is 0 Å². The largest absolute Gasteiger partial charge is 0.497 e. The topological polar surface area (TPSA) is 98.7 Å². The van der Waals surface area contributed by atoms with Crippen molar-refractivity contribution in [1.29, 1.82) is 0 Å². The molecule has 0 saturated carbocycles. The van der Waals surface area contributed by atoms with Crippen LogP contribution in [-0.4, -0.2) is 30.7 Å². The third-order valence-corrected chi connectivity index (χ3v) is 5.32. The number of hydrogen-bond donors (Lipinski definition) is 2. The minimum atomic E-state index is -0.587. The van der Waals surface area contributed by atoms with E-state index in [1.807, 2.05) is 0 Å². The number of halogens is 1. The number of amides is 2. The summed E-state index contributed by atoms with van der Waals surface area (Å²) in [5, 5.41) is 3.95. The van der Waals surface area contributed by atoms with Crippen LogP contribution in [0.3, 0.4) is 0 Å². The lowest BCUT2D eigenvalue weighted by molar-refractivity contribution is 0.0999. The predicted octanol–water partition coefficient (Wildman–Crippen LogP) is 4.31. The highest BCUT2D eigenvalue weighted by atomic mass is 35.5. The first-order valence-electron chi connectivity index (χ1n) is 10.2. The molecule has 0 bridgehead atoms. The van der Waals surface area contributed by atoms with Crippen molar-refractivity contribution in [3.8, 4) is 11.5 Å². The van der Waals surface area contributed by atoms with Gasteiger partial charge in [0.2, 0.25) is 0 Å². The van der Waals surface area contributed by atoms with Crippen LogP contribution in [0.4, 0.5) is 5.69 Å².